The standard InChI is InChI=1S/C18H20O5/c1-20-15-6-3-5-13(18(15)21-2)17(19)12-7-8-14-16(11-12)23-10-4-9-22-14/h3,5-8,11,17,19H,4,9-10H2,1-2H3. The van der Waals surface area contributed by atoms with Crippen LogP contribution < -0.4 is 18.9 Å². The summed E-state index contributed by atoms with van der Waals surface area (Å²) in [5.41, 5.74) is 1.35. The zero-order valence-electron chi connectivity index (χ0n) is 13.2. The SMILES string of the molecule is COc1cccc(C(O)c2ccc3c(c2)OCCCO3)c1OC. The average molecular weight is 316 g/mol. The molecule has 2 aromatic rings. The third-order valence-electron chi connectivity index (χ3n) is 3.82. The third kappa shape index (κ3) is 3.05. The second kappa shape index (κ2) is 6.79. The van der Waals surface area contributed by atoms with E-state index in [1.165, 1.54) is 0 Å². The van der Waals surface area contributed by atoms with Crippen molar-refractivity contribution >= 4 is 0 Å². The van der Waals surface area contributed by atoms with Crippen LogP contribution in [0.5, 0.6) is 23.0 Å². The van der Waals surface area contributed by atoms with Gasteiger partial charge in [-0.05, 0) is 23.8 Å². The van der Waals surface area contributed by atoms with Crippen LogP contribution in [0.25, 0.3) is 0 Å². The van der Waals surface area contributed by atoms with Gasteiger partial charge in [0.1, 0.15) is 6.10 Å². The summed E-state index contributed by atoms with van der Waals surface area (Å²) in [6.07, 6.45) is -0.00629. The minimum Gasteiger partial charge on any atom is -0.493 e. The van der Waals surface area contributed by atoms with Gasteiger partial charge in [0.2, 0.25) is 0 Å². The van der Waals surface area contributed by atoms with Crippen molar-refractivity contribution in [1.82, 2.24) is 0 Å². The molecule has 1 heterocycles. The van der Waals surface area contributed by atoms with Crippen molar-refractivity contribution in [2.45, 2.75) is 12.5 Å². The fourth-order valence-electron chi connectivity index (χ4n) is 2.66. The van der Waals surface area contributed by atoms with Gasteiger partial charge >= 0.3 is 0 Å². The van der Waals surface area contributed by atoms with Crippen molar-refractivity contribution in [3.8, 4) is 23.0 Å². The minimum absolute atomic E-state index is 0.523. The first-order valence-electron chi connectivity index (χ1n) is 7.53. The molecule has 0 saturated heterocycles. The quantitative estimate of drug-likeness (QED) is 0.940. The number of hydrogen-bond acceptors (Lipinski definition) is 5. The Morgan fingerprint density at radius 1 is 1.00 bits per heavy atom. The predicted octanol–water partition coefficient (Wildman–Crippen LogP) is 2.95. The summed E-state index contributed by atoms with van der Waals surface area (Å²) in [5, 5.41) is 10.8. The van der Waals surface area contributed by atoms with Gasteiger partial charge in [-0.3, -0.25) is 0 Å². The Hall–Kier alpha value is -2.40. The van der Waals surface area contributed by atoms with Crippen LogP contribution in [0.15, 0.2) is 36.4 Å². The van der Waals surface area contributed by atoms with Gasteiger partial charge in [-0.1, -0.05) is 18.2 Å². The van der Waals surface area contributed by atoms with Gasteiger partial charge in [-0.15, -0.1) is 0 Å². The highest BCUT2D eigenvalue weighted by Crippen LogP contribution is 2.39. The number of rotatable bonds is 4. The molecule has 1 atom stereocenters. The lowest BCUT2D eigenvalue weighted by molar-refractivity contribution is 0.212. The maximum Gasteiger partial charge on any atom is 0.166 e. The molecule has 1 unspecified atom stereocenters. The number of hydrogen-bond donors (Lipinski definition) is 1. The van der Waals surface area contributed by atoms with Crippen molar-refractivity contribution in [1.29, 1.82) is 0 Å². The number of para-hydroxylation sites is 1. The summed E-state index contributed by atoms with van der Waals surface area (Å²) in [5.74, 6) is 2.46. The lowest BCUT2D eigenvalue weighted by Crippen LogP contribution is -2.04. The van der Waals surface area contributed by atoms with Crippen LogP contribution >= 0.6 is 0 Å². The van der Waals surface area contributed by atoms with Crippen molar-refractivity contribution in [3.05, 3.63) is 47.5 Å². The molecule has 0 radical (unpaired) electrons. The molecule has 1 aliphatic heterocycles. The van der Waals surface area contributed by atoms with E-state index in [9.17, 15) is 5.11 Å². The molecule has 5 nitrogen and oxygen atoms in total. The zero-order chi connectivity index (χ0) is 16.2. The largest absolute Gasteiger partial charge is 0.493 e. The van der Waals surface area contributed by atoms with Crippen LogP contribution in [-0.4, -0.2) is 32.5 Å². The molecule has 0 saturated carbocycles. The summed E-state index contributed by atoms with van der Waals surface area (Å²) in [6, 6.07) is 10.9. The monoisotopic (exact) mass is 316 g/mol. The average Bonchev–Trinajstić information content (AvgIpc) is 2.84. The fraction of sp³-hybridized carbons (Fsp3) is 0.333. The van der Waals surface area contributed by atoms with Crippen LogP contribution in [-0.2, 0) is 0 Å². The number of aliphatic hydroxyl groups is 1. The van der Waals surface area contributed by atoms with Gasteiger partial charge in [0.05, 0.1) is 27.4 Å². The Labute approximate surface area is 135 Å². The summed E-state index contributed by atoms with van der Waals surface area (Å²) in [4.78, 5) is 0. The molecule has 0 aromatic heterocycles. The van der Waals surface area contributed by atoms with E-state index in [0.717, 1.165) is 6.42 Å². The molecule has 122 valence electrons. The maximum atomic E-state index is 10.8. The topological polar surface area (TPSA) is 57.2 Å². The van der Waals surface area contributed by atoms with Gasteiger partial charge in [-0.25, -0.2) is 0 Å². The highest BCUT2D eigenvalue weighted by molar-refractivity contribution is 5.52. The number of methoxy groups -OCH3 is 2. The zero-order valence-corrected chi connectivity index (χ0v) is 13.2. The normalized spacial score (nSPS) is 14.7. The first kappa shape index (κ1) is 15.5. The number of aliphatic hydroxyl groups excluding tert-OH is 1. The maximum absolute atomic E-state index is 10.8. The summed E-state index contributed by atoms with van der Waals surface area (Å²) in [7, 11) is 3.13. The van der Waals surface area contributed by atoms with Crippen molar-refractivity contribution in [3.63, 3.8) is 0 Å². The Bertz CT molecular complexity index is 683. The predicted molar refractivity (Wildman–Crippen MR) is 85.7 cm³/mol. The molecule has 1 aliphatic rings. The molecule has 3 rings (SSSR count). The highest BCUT2D eigenvalue weighted by Gasteiger charge is 2.20. The van der Waals surface area contributed by atoms with E-state index in [1.807, 2.05) is 30.3 Å². The first-order chi connectivity index (χ1) is 11.2. The van der Waals surface area contributed by atoms with Gasteiger partial charge in [0, 0.05) is 12.0 Å². The number of fused-ring (bicyclic) bond motifs is 1. The van der Waals surface area contributed by atoms with E-state index in [-0.39, 0.29) is 0 Å². The molecular weight excluding hydrogens is 296 g/mol. The second-order valence-electron chi connectivity index (χ2n) is 5.24. The number of benzene rings is 2. The molecule has 1 N–H and O–H groups in total. The van der Waals surface area contributed by atoms with E-state index in [0.29, 0.717) is 47.3 Å². The molecule has 0 bridgehead atoms. The Balaban J connectivity index is 1.97. The number of ether oxygens (including phenoxy) is 4. The van der Waals surface area contributed by atoms with E-state index in [2.05, 4.69) is 0 Å². The Morgan fingerprint density at radius 2 is 1.78 bits per heavy atom. The molecular formula is C18H20O5. The first-order valence-corrected chi connectivity index (χ1v) is 7.53. The fourth-order valence-corrected chi connectivity index (χ4v) is 2.66. The van der Waals surface area contributed by atoms with Crippen LogP contribution in [0, 0.1) is 0 Å². The molecule has 0 fully saturated rings. The molecule has 5 heteroatoms. The van der Waals surface area contributed by atoms with Crippen LogP contribution in [0.4, 0.5) is 0 Å². The Morgan fingerprint density at radius 3 is 2.52 bits per heavy atom. The smallest absolute Gasteiger partial charge is 0.166 e. The summed E-state index contributed by atoms with van der Waals surface area (Å²) >= 11 is 0. The Kier molecular flexibility index (Phi) is 4.57. The lowest BCUT2D eigenvalue weighted by atomic mass is 9.99. The molecule has 0 amide bonds. The van der Waals surface area contributed by atoms with E-state index >= 15 is 0 Å². The van der Waals surface area contributed by atoms with Crippen LogP contribution in [0.3, 0.4) is 0 Å². The van der Waals surface area contributed by atoms with E-state index in [4.69, 9.17) is 18.9 Å². The summed E-state index contributed by atoms with van der Waals surface area (Å²) < 4.78 is 22.0. The highest BCUT2D eigenvalue weighted by atomic mass is 16.5. The van der Waals surface area contributed by atoms with Gasteiger partial charge in [0.25, 0.3) is 0 Å². The van der Waals surface area contributed by atoms with Gasteiger partial charge in [-0.2, -0.15) is 0 Å². The van der Waals surface area contributed by atoms with Crippen LogP contribution in [0.2, 0.25) is 0 Å². The van der Waals surface area contributed by atoms with Crippen molar-refractivity contribution < 1.29 is 24.1 Å². The van der Waals surface area contributed by atoms with E-state index < -0.39 is 6.10 Å². The van der Waals surface area contributed by atoms with Crippen LogP contribution in [0.1, 0.15) is 23.7 Å². The molecule has 0 spiro atoms. The van der Waals surface area contributed by atoms with Crippen molar-refractivity contribution in [2.75, 3.05) is 27.4 Å². The third-order valence-corrected chi connectivity index (χ3v) is 3.82. The molecule has 0 aliphatic carbocycles. The lowest BCUT2D eigenvalue weighted by Gasteiger charge is -2.18. The summed E-state index contributed by atoms with van der Waals surface area (Å²) in [6.45, 7) is 1.24. The minimum atomic E-state index is -0.850. The van der Waals surface area contributed by atoms with E-state index in [1.54, 1.807) is 20.3 Å². The molecule has 23 heavy (non-hydrogen) atoms. The van der Waals surface area contributed by atoms with Gasteiger partial charge in [0.15, 0.2) is 23.0 Å². The second-order valence-corrected chi connectivity index (χ2v) is 5.24. The van der Waals surface area contributed by atoms with Gasteiger partial charge < -0.3 is 24.1 Å². The van der Waals surface area contributed by atoms with Crippen molar-refractivity contribution in [2.24, 2.45) is 0 Å². The molecule has 2 aromatic carbocycles.